The van der Waals surface area contributed by atoms with Gasteiger partial charge in [0.2, 0.25) is 5.91 Å². The van der Waals surface area contributed by atoms with Gasteiger partial charge in [-0.15, -0.1) is 0 Å². The van der Waals surface area contributed by atoms with Crippen molar-refractivity contribution in [3.8, 4) is 23.0 Å². The number of nitrogens with one attached hydrogen (secondary N) is 1. The highest BCUT2D eigenvalue weighted by atomic mass is 16.6. The van der Waals surface area contributed by atoms with Crippen LogP contribution in [0.3, 0.4) is 0 Å². The van der Waals surface area contributed by atoms with Crippen LogP contribution in [0.5, 0.6) is 23.0 Å². The average molecular weight is 615 g/mol. The van der Waals surface area contributed by atoms with Crippen molar-refractivity contribution in [3.05, 3.63) is 47.5 Å². The molecule has 4 atom stereocenters. The Morgan fingerprint density at radius 3 is 2.05 bits per heavy atom. The predicted octanol–water partition coefficient (Wildman–Crippen LogP) is 3.33. The van der Waals surface area contributed by atoms with E-state index in [0.717, 1.165) is 11.1 Å². The first kappa shape index (κ1) is 34.5. The fraction of sp³-hybridized carbons (Fsp3) is 0.545. The van der Waals surface area contributed by atoms with Gasteiger partial charge in [-0.1, -0.05) is 39.8 Å². The molecule has 0 saturated carbocycles. The molecule has 1 aliphatic heterocycles. The third-order valence-corrected chi connectivity index (χ3v) is 7.77. The van der Waals surface area contributed by atoms with Gasteiger partial charge in [0.1, 0.15) is 19.3 Å². The second-order valence-electron chi connectivity index (χ2n) is 11.6. The minimum atomic E-state index is -0.820. The monoisotopic (exact) mass is 614 g/mol. The van der Waals surface area contributed by atoms with Crippen LogP contribution in [-0.2, 0) is 36.7 Å². The summed E-state index contributed by atoms with van der Waals surface area (Å²) in [6.07, 6.45) is 1.13. The lowest BCUT2D eigenvalue weighted by molar-refractivity contribution is -0.150. The molecule has 0 aromatic heterocycles. The molecule has 2 unspecified atom stereocenters. The number of hydrogen-bond donors (Lipinski definition) is 2. The summed E-state index contributed by atoms with van der Waals surface area (Å²) in [5, 5.41) is 2.70. The molecule has 2 aromatic carbocycles. The van der Waals surface area contributed by atoms with Crippen LogP contribution in [0.25, 0.3) is 0 Å². The van der Waals surface area contributed by atoms with Crippen LogP contribution in [0.2, 0.25) is 0 Å². The third kappa shape index (κ3) is 9.01. The van der Waals surface area contributed by atoms with E-state index in [1.165, 1.54) is 7.11 Å². The Morgan fingerprint density at radius 2 is 1.45 bits per heavy atom. The van der Waals surface area contributed by atoms with E-state index in [2.05, 4.69) is 5.32 Å². The number of amides is 1. The number of benzene rings is 2. The molecule has 0 bridgehead atoms. The summed E-state index contributed by atoms with van der Waals surface area (Å²) in [5.41, 5.74) is 7.84. The summed E-state index contributed by atoms with van der Waals surface area (Å²) in [5.74, 6) is 0.512. The molecule has 1 heterocycles. The Morgan fingerprint density at radius 1 is 0.864 bits per heavy atom. The van der Waals surface area contributed by atoms with Crippen LogP contribution in [0.4, 0.5) is 0 Å². The van der Waals surface area contributed by atoms with Gasteiger partial charge in [-0.25, -0.2) is 4.79 Å². The molecular weight excluding hydrogens is 568 g/mol. The molecular formula is C33H46N2O9. The lowest BCUT2D eigenvalue weighted by Crippen LogP contribution is -2.52. The van der Waals surface area contributed by atoms with E-state index in [0.29, 0.717) is 42.4 Å². The van der Waals surface area contributed by atoms with Crippen LogP contribution in [0.15, 0.2) is 36.4 Å². The number of carbonyl (C=O) groups is 3. The maximum absolute atomic E-state index is 12.7. The lowest BCUT2D eigenvalue weighted by Gasteiger charge is -2.24. The van der Waals surface area contributed by atoms with Gasteiger partial charge >= 0.3 is 11.9 Å². The predicted molar refractivity (Wildman–Crippen MR) is 164 cm³/mol. The molecule has 1 aliphatic rings. The van der Waals surface area contributed by atoms with Crippen LogP contribution >= 0.6 is 0 Å². The molecule has 1 fully saturated rings. The fourth-order valence-electron chi connectivity index (χ4n) is 5.01. The lowest BCUT2D eigenvalue weighted by atomic mass is 9.85. The second kappa shape index (κ2) is 16.2. The first-order chi connectivity index (χ1) is 21.0. The van der Waals surface area contributed by atoms with Gasteiger partial charge in [-0.2, -0.15) is 0 Å². The van der Waals surface area contributed by atoms with Gasteiger partial charge in [0.15, 0.2) is 23.0 Å². The van der Waals surface area contributed by atoms with E-state index in [1.807, 2.05) is 58.0 Å². The number of nitrogens with two attached hydrogens (primary N) is 1. The molecule has 1 saturated heterocycles. The number of rotatable bonds is 16. The van der Waals surface area contributed by atoms with Crippen molar-refractivity contribution in [2.24, 2.45) is 29.4 Å². The summed E-state index contributed by atoms with van der Waals surface area (Å²) in [6, 6.07) is 9.69. The maximum atomic E-state index is 12.7. The van der Waals surface area contributed by atoms with Gasteiger partial charge in [0, 0.05) is 5.92 Å². The van der Waals surface area contributed by atoms with E-state index in [9.17, 15) is 14.4 Å². The van der Waals surface area contributed by atoms with Gasteiger partial charge in [0.05, 0.1) is 39.9 Å². The Kier molecular flexibility index (Phi) is 12.7. The van der Waals surface area contributed by atoms with E-state index in [1.54, 1.807) is 20.3 Å². The van der Waals surface area contributed by atoms with Crippen LogP contribution in [0.1, 0.15) is 38.8 Å². The van der Waals surface area contributed by atoms with Gasteiger partial charge in [0.25, 0.3) is 0 Å². The zero-order chi connectivity index (χ0) is 32.4. The Balaban J connectivity index is 1.57. The smallest absolute Gasteiger partial charge is 0.329 e. The molecule has 3 rings (SSSR count). The Labute approximate surface area is 259 Å². The van der Waals surface area contributed by atoms with E-state index < -0.39 is 24.0 Å². The number of cyclic esters (lactones) is 1. The minimum Gasteiger partial charge on any atom is -0.493 e. The number of methoxy groups -OCH3 is 3. The highest BCUT2D eigenvalue weighted by Crippen LogP contribution is 2.35. The van der Waals surface area contributed by atoms with Crippen LogP contribution in [-0.4, -0.2) is 71.1 Å². The van der Waals surface area contributed by atoms with E-state index in [4.69, 9.17) is 34.2 Å². The number of ether oxygens (including phenoxy) is 6. The van der Waals surface area contributed by atoms with Crippen molar-refractivity contribution in [1.82, 2.24) is 5.32 Å². The topological polar surface area (TPSA) is 145 Å². The zero-order valence-electron chi connectivity index (χ0n) is 26.7. The first-order valence-corrected chi connectivity index (χ1v) is 14.9. The normalized spacial score (nSPS) is 17.5. The third-order valence-electron chi connectivity index (χ3n) is 7.77. The summed E-state index contributed by atoms with van der Waals surface area (Å²) in [7, 11) is 4.72. The summed E-state index contributed by atoms with van der Waals surface area (Å²) >= 11 is 0. The number of hydrogen-bond acceptors (Lipinski definition) is 10. The first-order valence-electron chi connectivity index (χ1n) is 14.9. The largest absolute Gasteiger partial charge is 0.493 e. The van der Waals surface area contributed by atoms with Crippen molar-refractivity contribution in [2.75, 3.05) is 41.2 Å². The van der Waals surface area contributed by atoms with Crippen LogP contribution < -0.4 is 30.0 Å². The van der Waals surface area contributed by atoms with Gasteiger partial charge in [-0.3, -0.25) is 9.59 Å². The molecule has 1 amide bonds. The Bertz CT molecular complexity index is 1280. The van der Waals surface area contributed by atoms with Gasteiger partial charge < -0.3 is 39.5 Å². The van der Waals surface area contributed by atoms with Crippen LogP contribution in [0, 0.1) is 23.7 Å². The minimum absolute atomic E-state index is 0.00207. The zero-order valence-corrected chi connectivity index (χ0v) is 26.7. The number of carbonyl (C=O) groups excluding carboxylic acids is 3. The maximum Gasteiger partial charge on any atom is 0.329 e. The molecule has 44 heavy (non-hydrogen) atoms. The second-order valence-corrected chi connectivity index (χ2v) is 11.6. The molecule has 2 aromatic rings. The quantitative estimate of drug-likeness (QED) is 0.213. The molecule has 0 radical (unpaired) electrons. The average Bonchev–Trinajstić information content (AvgIpc) is 3.35. The molecule has 11 nitrogen and oxygen atoms in total. The SMILES string of the molecule is COc1ccc(CC2COC(=O)C2Cc2ccc(OCCOC(=O)[C@@H](NC(=O)[C@@H](N)C(C)C)C(C)C)c(OC)c2)cc1OC. The van der Waals surface area contributed by atoms with Crippen molar-refractivity contribution < 1.29 is 42.8 Å². The molecule has 3 N–H and O–H groups in total. The van der Waals surface area contributed by atoms with Crippen molar-refractivity contribution >= 4 is 17.8 Å². The molecule has 242 valence electrons. The summed E-state index contributed by atoms with van der Waals surface area (Å²) in [6.45, 7) is 7.72. The van der Waals surface area contributed by atoms with E-state index >= 15 is 0 Å². The molecule has 11 heteroatoms. The molecule has 0 aliphatic carbocycles. The molecule has 0 spiro atoms. The standard InChI is InChI=1S/C33H46N2O9/c1-19(2)29(34)31(36)35-30(20(3)4)33(38)43-13-12-42-26-11-9-22(17-28(26)41-7)15-24-23(18-44-32(24)37)14-21-8-10-25(39-5)27(16-21)40-6/h8-11,16-17,19-20,23-24,29-30H,12-15,18,34H2,1-7H3,(H,35,36)/t23?,24?,29-,30-/m0/s1. The number of esters is 2. The van der Waals surface area contributed by atoms with E-state index in [-0.39, 0.29) is 42.9 Å². The van der Waals surface area contributed by atoms with Crippen molar-refractivity contribution in [3.63, 3.8) is 0 Å². The van der Waals surface area contributed by atoms with Gasteiger partial charge in [-0.05, 0) is 60.1 Å². The Hall–Kier alpha value is -3.99. The van der Waals surface area contributed by atoms with Crippen molar-refractivity contribution in [1.29, 1.82) is 0 Å². The summed E-state index contributed by atoms with van der Waals surface area (Å²) in [4.78, 5) is 37.7. The van der Waals surface area contributed by atoms with Crippen molar-refractivity contribution in [2.45, 2.75) is 52.6 Å². The highest BCUT2D eigenvalue weighted by Gasteiger charge is 2.37. The summed E-state index contributed by atoms with van der Waals surface area (Å²) < 4.78 is 33.0. The fourth-order valence-corrected chi connectivity index (χ4v) is 5.01. The highest BCUT2D eigenvalue weighted by molar-refractivity contribution is 5.87.